The number of hydrogen-bond donors (Lipinski definition) is 1. The van der Waals surface area contributed by atoms with Gasteiger partial charge >= 0.3 is 0 Å². The molecule has 1 aromatic rings. The molecule has 1 aliphatic heterocycles. The van der Waals surface area contributed by atoms with E-state index in [1.165, 1.54) is 37.1 Å². The summed E-state index contributed by atoms with van der Waals surface area (Å²) in [6.07, 6.45) is 5.19. The molecule has 1 atom stereocenters. The lowest BCUT2D eigenvalue weighted by atomic mass is 10.00. The van der Waals surface area contributed by atoms with Gasteiger partial charge in [0.2, 0.25) is 0 Å². The number of hydrogen-bond acceptors (Lipinski definition) is 3. The van der Waals surface area contributed by atoms with Gasteiger partial charge in [0.05, 0.1) is 0 Å². The molecular formula is C17H29N3. The van der Waals surface area contributed by atoms with Crippen molar-refractivity contribution in [1.82, 2.24) is 10.3 Å². The fourth-order valence-corrected chi connectivity index (χ4v) is 3.02. The molecule has 112 valence electrons. The first-order valence-electron chi connectivity index (χ1n) is 8.07. The van der Waals surface area contributed by atoms with Crippen LogP contribution in [0, 0.1) is 6.92 Å². The Hall–Kier alpha value is -1.09. The minimum Gasteiger partial charge on any atom is -0.354 e. The molecular weight excluding hydrogens is 246 g/mol. The van der Waals surface area contributed by atoms with Gasteiger partial charge in [-0.05, 0) is 50.3 Å². The summed E-state index contributed by atoms with van der Waals surface area (Å²) in [4.78, 5) is 7.30. The monoisotopic (exact) mass is 275 g/mol. The summed E-state index contributed by atoms with van der Waals surface area (Å²) < 4.78 is 0. The molecule has 3 nitrogen and oxygen atoms in total. The standard InChI is InChI=1S/C17H29N3/c1-5-16-8-6-7-9-20(16)17-11-15(10-14(4)19-17)12-18-13(2)3/h10-11,13,16,18H,5-9,12H2,1-4H3. The van der Waals surface area contributed by atoms with Gasteiger partial charge in [0.25, 0.3) is 0 Å². The van der Waals surface area contributed by atoms with E-state index in [0.717, 1.165) is 18.8 Å². The van der Waals surface area contributed by atoms with Crippen molar-refractivity contribution in [2.45, 2.75) is 72.0 Å². The number of nitrogens with zero attached hydrogens (tertiary/aromatic N) is 2. The Kier molecular flexibility index (Phi) is 5.41. The topological polar surface area (TPSA) is 28.2 Å². The van der Waals surface area contributed by atoms with Gasteiger partial charge in [-0.2, -0.15) is 0 Å². The number of nitrogens with one attached hydrogen (secondary N) is 1. The first-order chi connectivity index (χ1) is 9.60. The van der Waals surface area contributed by atoms with Gasteiger partial charge in [-0.15, -0.1) is 0 Å². The predicted octanol–water partition coefficient (Wildman–Crippen LogP) is 3.66. The molecule has 0 aromatic carbocycles. The molecule has 3 heteroatoms. The van der Waals surface area contributed by atoms with Gasteiger partial charge in [0, 0.05) is 30.9 Å². The zero-order chi connectivity index (χ0) is 14.5. The second-order valence-electron chi connectivity index (χ2n) is 6.26. The average Bonchev–Trinajstić information content (AvgIpc) is 2.44. The largest absolute Gasteiger partial charge is 0.354 e. The molecule has 1 aliphatic rings. The third-order valence-electron chi connectivity index (χ3n) is 4.11. The SMILES string of the molecule is CCC1CCCCN1c1cc(CNC(C)C)cc(C)n1. The molecule has 1 N–H and O–H groups in total. The maximum atomic E-state index is 4.78. The Morgan fingerprint density at radius 2 is 2.15 bits per heavy atom. The van der Waals surface area contributed by atoms with Gasteiger partial charge in [-0.25, -0.2) is 4.98 Å². The van der Waals surface area contributed by atoms with Crippen molar-refractivity contribution in [3.05, 3.63) is 23.4 Å². The number of aryl methyl sites for hydroxylation is 1. The molecule has 2 heterocycles. The molecule has 1 saturated heterocycles. The summed E-state index contributed by atoms with van der Waals surface area (Å²) in [5.74, 6) is 1.18. The minimum absolute atomic E-state index is 0.519. The van der Waals surface area contributed by atoms with Crippen LogP contribution in [0.5, 0.6) is 0 Å². The highest BCUT2D eigenvalue weighted by Gasteiger charge is 2.22. The second-order valence-corrected chi connectivity index (χ2v) is 6.26. The smallest absolute Gasteiger partial charge is 0.129 e. The van der Waals surface area contributed by atoms with E-state index >= 15 is 0 Å². The summed E-state index contributed by atoms with van der Waals surface area (Å²) in [5, 5.41) is 3.50. The Bertz CT molecular complexity index is 428. The molecule has 0 amide bonds. The lowest BCUT2D eigenvalue weighted by Crippen LogP contribution is -2.39. The van der Waals surface area contributed by atoms with E-state index < -0.39 is 0 Å². The van der Waals surface area contributed by atoms with Gasteiger partial charge in [0.1, 0.15) is 5.82 Å². The Labute approximate surface area is 123 Å². The predicted molar refractivity (Wildman–Crippen MR) is 86.2 cm³/mol. The van der Waals surface area contributed by atoms with Crippen molar-refractivity contribution in [3.63, 3.8) is 0 Å². The highest BCUT2D eigenvalue weighted by Crippen LogP contribution is 2.26. The minimum atomic E-state index is 0.519. The average molecular weight is 275 g/mol. The van der Waals surface area contributed by atoms with Gasteiger partial charge in [0.15, 0.2) is 0 Å². The molecule has 1 unspecified atom stereocenters. The molecule has 1 aromatic heterocycles. The number of rotatable bonds is 5. The van der Waals surface area contributed by atoms with Crippen molar-refractivity contribution in [3.8, 4) is 0 Å². The van der Waals surface area contributed by atoms with Crippen LogP contribution in [0.15, 0.2) is 12.1 Å². The fourth-order valence-electron chi connectivity index (χ4n) is 3.02. The summed E-state index contributed by atoms with van der Waals surface area (Å²) in [6.45, 7) is 10.9. The lowest BCUT2D eigenvalue weighted by molar-refractivity contribution is 0.446. The van der Waals surface area contributed by atoms with Crippen LogP contribution in [0.1, 0.15) is 57.7 Å². The van der Waals surface area contributed by atoms with E-state index in [4.69, 9.17) is 4.98 Å². The van der Waals surface area contributed by atoms with Crippen LogP contribution in [0.3, 0.4) is 0 Å². The maximum Gasteiger partial charge on any atom is 0.129 e. The van der Waals surface area contributed by atoms with Crippen LogP contribution in [0.4, 0.5) is 5.82 Å². The summed E-state index contributed by atoms with van der Waals surface area (Å²) in [7, 11) is 0. The van der Waals surface area contributed by atoms with E-state index in [-0.39, 0.29) is 0 Å². The second kappa shape index (κ2) is 7.07. The summed E-state index contributed by atoms with van der Waals surface area (Å²) in [6, 6.07) is 5.66. The Morgan fingerprint density at radius 1 is 1.35 bits per heavy atom. The number of anilines is 1. The normalized spacial score (nSPS) is 19.6. The van der Waals surface area contributed by atoms with Crippen LogP contribution >= 0.6 is 0 Å². The Morgan fingerprint density at radius 3 is 2.85 bits per heavy atom. The van der Waals surface area contributed by atoms with Gasteiger partial charge in [-0.1, -0.05) is 20.8 Å². The molecule has 0 spiro atoms. The molecule has 0 bridgehead atoms. The lowest BCUT2D eigenvalue weighted by Gasteiger charge is -2.36. The number of piperidine rings is 1. The van der Waals surface area contributed by atoms with E-state index in [1.54, 1.807) is 0 Å². The van der Waals surface area contributed by atoms with Crippen molar-refractivity contribution >= 4 is 5.82 Å². The van der Waals surface area contributed by atoms with Crippen LogP contribution in [-0.4, -0.2) is 23.6 Å². The molecule has 1 fully saturated rings. The summed E-state index contributed by atoms with van der Waals surface area (Å²) in [5.41, 5.74) is 2.48. The van der Waals surface area contributed by atoms with Crippen LogP contribution in [-0.2, 0) is 6.54 Å². The zero-order valence-corrected chi connectivity index (χ0v) is 13.4. The first-order valence-corrected chi connectivity index (χ1v) is 8.07. The number of pyridine rings is 1. The van der Waals surface area contributed by atoms with E-state index in [0.29, 0.717) is 12.1 Å². The van der Waals surface area contributed by atoms with Gasteiger partial charge < -0.3 is 10.2 Å². The number of aromatic nitrogens is 1. The summed E-state index contributed by atoms with van der Waals surface area (Å²) >= 11 is 0. The van der Waals surface area contributed by atoms with Crippen LogP contribution < -0.4 is 10.2 Å². The fraction of sp³-hybridized carbons (Fsp3) is 0.706. The molecule has 0 aliphatic carbocycles. The van der Waals surface area contributed by atoms with Crippen molar-refractivity contribution in [1.29, 1.82) is 0 Å². The zero-order valence-electron chi connectivity index (χ0n) is 13.4. The van der Waals surface area contributed by atoms with E-state index in [9.17, 15) is 0 Å². The highest BCUT2D eigenvalue weighted by molar-refractivity contribution is 5.44. The molecule has 0 saturated carbocycles. The van der Waals surface area contributed by atoms with Crippen molar-refractivity contribution in [2.24, 2.45) is 0 Å². The highest BCUT2D eigenvalue weighted by atomic mass is 15.2. The molecule has 0 radical (unpaired) electrons. The van der Waals surface area contributed by atoms with E-state index in [2.05, 4.69) is 50.0 Å². The third kappa shape index (κ3) is 3.95. The quantitative estimate of drug-likeness (QED) is 0.889. The Balaban J connectivity index is 2.17. The van der Waals surface area contributed by atoms with Gasteiger partial charge in [-0.3, -0.25) is 0 Å². The van der Waals surface area contributed by atoms with E-state index in [1.807, 2.05) is 0 Å². The molecule has 20 heavy (non-hydrogen) atoms. The van der Waals surface area contributed by atoms with Crippen LogP contribution in [0.25, 0.3) is 0 Å². The molecule has 2 rings (SSSR count). The van der Waals surface area contributed by atoms with Crippen molar-refractivity contribution < 1.29 is 0 Å². The van der Waals surface area contributed by atoms with Crippen LogP contribution in [0.2, 0.25) is 0 Å². The first kappa shape index (κ1) is 15.3. The third-order valence-corrected chi connectivity index (χ3v) is 4.11. The maximum absolute atomic E-state index is 4.78. The van der Waals surface area contributed by atoms with Crippen molar-refractivity contribution in [2.75, 3.05) is 11.4 Å².